The molecule has 0 saturated carbocycles. The molecule has 7 nitrogen and oxygen atoms in total. The molecule has 2 aromatic carbocycles. The lowest BCUT2D eigenvalue weighted by Crippen LogP contribution is -2.14. The summed E-state index contributed by atoms with van der Waals surface area (Å²) in [5.74, 6) is 2.39. The molecule has 0 saturated heterocycles. The molecule has 0 aliphatic carbocycles. The van der Waals surface area contributed by atoms with E-state index in [1.54, 1.807) is 0 Å². The lowest BCUT2D eigenvalue weighted by atomic mass is 10.1. The van der Waals surface area contributed by atoms with Crippen LogP contribution in [-0.4, -0.2) is 39.6 Å². The number of thioether (sulfide) groups is 1. The molecule has 0 atom stereocenters. The molecular formula is C23H26N4O3S. The fourth-order valence-corrected chi connectivity index (χ4v) is 4.09. The van der Waals surface area contributed by atoms with E-state index in [2.05, 4.69) is 22.4 Å². The predicted octanol–water partition coefficient (Wildman–Crippen LogP) is 4.25. The highest BCUT2D eigenvalue weighted by atomic mass is 32.2. The fourth-order valence-electron chi connectivity index (χ4n) is 3.38. The molecule has 3 aromatic rings. The average molecular weight is 439 g/mol. The average Bonchev–Trinajstić information content (AvgIpc) is 2.98. The zero-order valence-corrected chi connectivity index (χ0v) is 18.8. The van der Waals surface area contributed by atoms with Gasteiger partial charge in [0, 0.05) is 24.7 Å². The summed E-state index contributed by atoms with van der Waals surface area (Å²) in [5.41, 5.74) is 4.00. The number of amides is 1. The van der Waals surface area contributed by atoms with Crippen LogP contribution in [0.2, 0.25) is 0 Å². The van der Waals surface area contributed by atoms with E-state index < -0.39 is 0 Å². The van der Waals surface area contributed by atoms with Crippen LogP contribution in [0, 0.1) is 6.92 Å². The van der Waals surface area contributed by atoms with Crippen molar-refractivity contribution in [1.29, 1.82) is 0 Å². The molecule has 0 unspecified atom stereocenters. The molecule has 31 heavy (non-hydrogen) atoms. The zero-order valence-electron chi connectivity index (χ0n) is 18.0. The van der Waals surface area contributed by atoms with Crippen molar-refractivity contribution in [3.63, 3.8) is 0 Å². The lowest BCUT2D eigenvalue weighted by molar-refractivity contribution is -0.113. The maximum Gasteiger partial charge on any atom is 0.234 e. The van der Waals surface area contributed by atoms with Crippen molar-refractivity contribution >= 4 is 23.4 Å². The van der Waals surface area contributed by atoms with E-state index in [1.807, 2.05) is 54.9 Å². The summed E-state index contributed by atoms with van der Waals surface area (Å²) in [4.78, 5) is 12.4. The number of fused-ring (bicyclic) bond motifs is 1. The Morgan fingerprint density at radius 1 is 1.13 bits per heavy atom. The molecule has 1 N–H and O–H groups in total. The molecule has 2 heterocycles. The highest BCUT2D eigenvalue weighted by molar-refractivity contribution is 7.99. The van der Waals surface area contributed by atoms with E-state index in [1.165, 1.54) is 17.3 Å². The van der Waals surface area contributed by atoms with Gasteiger partial charge in [0.1, 0.15) is 0 Å². The maximum absolute atomic E-state index is 12.4. The molecule has 0 bridgehead atoms. The Balaban J connectivity index is 1.44. The smallest absolute Gasteiger partial charge is 0.234 e. The summed E-state index contributed by atoms with van der Waals surface area (Å²) in [6.07, 6.45) is 1.83. The minimum Gasteiger partial charge on any atom is -0.490 e. The van der Waals surface area contributed by atoms with Gasteiger partial charge in [0.15, 0.2) is 22.5 Å². The van der Waals surface area contributed by atoms with Crippen LogP contribution in [0.1, 0.15) is 24.5 Å². The van der Waals surface area contributed by atoms with Gasteiger partial charge in [-0.25, -0.2) is 0 Å². The molecule has 1 aliphatic rings. The topological polar surface area (TPSA) is 78.3 Å². The first-order chi connectivity index (χ1) is 15.0. The number of nitrogens with zero attached hydrogens (tertiary/aromatic N) is 3. The molecule has 0 radical (unpaired) electrons. The van der Waals surface area contributed by atoms with Crippen LogP contribution < -0.4 is 14.8 Å². The first-order valence-corrected chi connectivity index (χ1v) is 11.4. The minimum absolute atomic E-state index is 0.0782. The quantitative estimate of drug-likeness (QED) is 0.580. The number of hydrogen-bond donors (Lipinski definition) is 1. The second-order valence-corrected chi connectivity index (χ2v) is 8.36. The van der Waals surface area contributed by atoms with Gasteiger partial charge < -0.3 is 19.4 Å². The molecular weight excluding hydrogens is 412 g/mol. The Labute approximate surface area is 186 Å². The van der Waals surface area contributed by atoms with Gasteiger partial charge in [0.05, 0.1) is 19.0 Å². The van der Waals surface area contributed by atoms with E-state index >= 15 is 0 Å². The Kier molecular flexibility index (Phi) is 6.46. The molecule has 1 aromatic heterocycles. The van der Waals surface area contributed by atoms with Crippen LogP contribution in [0.25, 0.3) is 11.4 Å². The lowest BCUT2D eigenvalue weighted by Gasteiger charge is -2.12. The molecule has 162 valence electrons. The first kappa shape index (κ1) is 21.2. The molecule has 4 rings (SSSR count). The van der Waals surface area contributed by atoms with Gasteiger partial charge in [0.25, 0.3) is 0 Å². The zero-order chi connectivity index (χ0) is 21.8. The van der Waals surface area contributed by atoms with E-state index in [4.69, 9.17) is 9.47 Å². The summed E-state index contributed by atoms with van der Waals surface area (Å²) in [6, 6.07) is 11.8. The Morgan fingerprint density at radius 3 is 2.55 bits per heavy atom. The molecule has 8 heteroatoms. The number of carbonyl (C=O) groups is 1. The van der Waals surface area contributed by atoms with Crippen LogP contribution in [-0.2, 0) is 18.3 Å². The number of nitrogens with one attached hydrogen (secondary N) is 1. The van der Waals surface area contributed by atoms with Gasteiger partial charge >= 0.3 is 0 Å². The van der Waals surface area contributed by atoms with Crippen molar-refractivity contribution in [2.45, 2.75) is 31.8 Å². The monoisotopic (exact) mass is 438 g/mol. The van der Waals surface area contributed by atoms with Crippen LogP contribution in [0.5, 0.6) is 11.5 Å². The second-order valence-electron chi connectivity index (χ2n) is 7.42. The largest absolute Gasteiger partial charge is 0.490 e. The standard InChI is InChI=1S/C23H26N4O3S/c1-4-16-6-8-17(9-7-16)24-21(28)14-31-23-26-25-22(27(23)3)18-13-20-19(12-15(18)2)29-10-5-11-30-20/h6-9,12-13H,4-5,10-11,14H2,1-3H3,(H,24,28). The van der Waals surface area contributed by atoms with Crippen molar-refractivity contribution in [2.75, 3.05) is 24.3 Å². The number of benzene rings is 2. The molecule has 0 spiro atoms. The van der Waals surface area contributed by atoms with E-state index in [0.29, 0.717) is 18.4 Å². The summed E-state index contributed by atoms with van der Waals surface area (Å²) in [7, 11) is 1.90. The summed E-state index contributed by atoms with van der Waals surface area (Å²) >= 11 is 1.36. The number of aromatic nitrogens is 3. The fraction of sp³-hybridized carbons (Fsp3) is 0.348. The van der Waals surface area contributed by atoms with Gasteiger partial charge in [-0.3, -0.25) is 4.79 Å². The number of aryl methyl sites for hydroxylation is 2. The Morgan fingerprint density at radius 2 is 1.84 bits per heavy atom. The van der Waals surface area contributed by atoms with E-state index in [-0.39, 0.29) is 11.7 Å². The van der Waals surface area contributed by atoms with Crippen molar-refractivity contribution in [3.8, 4) is 22.9 Å². The third kappa shape index (κ3) is 4.85. The van der Waals surface area contributed by atoms with E-state index in [9.17, 15) is 4.79 Å². The molecule has 0 fully saturated rings. The van der Waals surface area contributed by atoms with Gasteiger partial charge in [-0.15, -0.1) is 10.2 Å². The van der Waals surface area contributed by atoms with Crippen molar-refractivity contribution in [3.05, 3.63) is 47.5 Å². The van der Waals surface area contributed by atoms with Gasteiger partial charge in [-0.2, -0.15) is 0 Å². The van der Waals surface area contributed by atoms with Crippen LogP contribution in [0.3, 0.4) is 0 Å². The normalized spacial score (nSPS) is 13.0. The van der Waals surface area contributed by atoms with Crippen molar-refractivity contribution in [2.24, 2.45) is 7.05 Å². The number of anilines is 1. The van der Waals surface area contributed by atoms with Gasteiger partial charge in [-0.05, 0) is 48.7 Å². The van der Waals surface area contributed by atoms with Crippen molar-refractivity contribution in [1.82, 2.24) is 14.8 Å². The van der Waals surface area contributed by atoms with Crippen LogP contribution in [0.4, 0.5) is 5.69 Å². The van der Waals surface area contributed by atoms with Crippen LogP contribution >= 0.6 is 11.8 Å². The van der Waals surface area contributed by atoms with E-state index in [0.717, 1.165) is 47.0 Å². The summed E-state index contributed by atoms with van der Waals surface area (Å²) in [6.45, 7) is 5.41. The third-order valence-electron chi connectivity index (χ3n) is 5.15. The number of ether oxygens (including phenoxy) is 2. The highest BCUT2D eigenvalue weighted by Gasteiger charge is 2.19. The number of carbonyl (C=O) groups excluding carboxylic acids is 1. The molecule has 1 aliphatic heterocycles. The van der Waals surface area contributed by atoms with Crippen molar-refractivity contribution < 1.29 is 14.3 Å². The summed E-state index contributed by atoms with van der Waals surface area (Å²) < 4.78 is 13.5. The first-order valence-electron chi connectivity index (χ1n) is 10.4. The maximum atomic E-state index is 12.4. The number of rotatable bonds is 6. The minimum atomic E-state index is -0.0782. The highest BCUT2D eigenvalue weighted by Crippen LogP contribution is 2.37. The van der Waals surface area contributed by atoms with Gasteiger partial charge in [0.2, 0.25) is 5.91 Å². The van der Waals surface area contributed by atoms with Gasteiger partial charge in [-0.1, -0.05) is 30.8 Å². The third-order valence-corrected chi connectivity index (χ3v) is 6.17. The predicted molar refractivity (Wildman–Crippen MR) is 122 cm³/mol. The second kappa shape index (κ2) is 9.43. The van der Waals surface area contributed by atoms with Crippen LogP contribution in [0.15, 0.2) is 41.6 Å². The SMILES string of the molecule is CCc1ccc(NC(=O)CSc2nnc(-c3cc4c(cc3C)OCCCO4)n2C)cc1. The Hall–Kier alpha value is -3.00. The summed E-state index contributed by atoms with van der Waals surface area (Å²) in [5, 5.41) is 12.3. The number of hydrogen-bond acceptors (Lipinski definition) is 6. The Bertz CT molecular complexity index is 1080. The molecule has 1 amide bonds.